The number of aliphatic hydroxyl groups is 2. The van der Waals surface area contributed by atoms with Crippen LogP contribution >= 0.6 is 0 Å². The predicted octanol–water partition coefficient (Wildman–Crippen LogP) is 1.23. The Labute approximate surface area is 118 Å². The highest BCUT2D eigenvalue weighted by Crippen LogP contribution is 2.22. The second-order valence-corrected chi connectivity index (χ2v) is 5.02. The molecule has 108 valence electrons. The molecule has 0 bridgehead atoms. The van der Waals surface area contributed by atoms with E-state index in [0.29, 0.717) is 18.5 Å². The third-order valence-electron chi connectivity index (χ3n) is 3.29. The van der Waals surface area contributed by atoms with Crippen molar-refractivity contribution in [3.05, 3.63) is 47.3 Å². The molecule has 1 aromatic carbocycles. The fourth-order valence-electron chi connectivity index (χ4n) is 2.28. The van der Waals surface area contributed by atoms with Gasteiger partial charge in [0.1, 0.15) is 6.10 Å². The molecule has 2 rings (SSSR count). The van der Waals surface area contributed by atoms with Crippen molar-refractivity contribution in [3.8, 4) is 5.69 Å². The van der Waals surface area contributed by atoms with Crippen molar-refractivity contribution in [1.82, 2.24) is 9.78 Å². The summed E-state index contributed by atoms with van der Waals surface area (Å²) in [5.74, 6) is 0. The van der Waals surface area contributed by atoms with Gasteiger partial charge in [0.25, 0.3) is 0 Å². The van der Waals surface area contributed by atoms with Crippen LogP contribution in [-0.2, 0) is 0 Å². The maximum absolute atomic E-state index is 10.1. The number of rotatable bonds is 5. The molecule has 2 aromatic rings. The van der Waals surface area contributed by atoms with Crippen molar-refractivity contribution in [2.24, 2.45) is 5.73 Å². The van der Waals surface area contributed by atoms with Gasteiger partial charge in [0.05, 0.1) is 17.5 Å². The second kappa shape index (κ2) is 6.17. The maximum atomic E-state index is 10.1. The first-order chi connectivity index (χ1) is 9.52. The zero-order chi connectivity index (χ0) is 14.7. The molecule has 0 saturated heterocycles. The fraction of sp³-hybridized carbons (Fsp3) is 0.400. The van der Waals surface area contributed by atoms with E-state index in [1.165, 1.54) is 0 Å². The minimum atomic E-state index is -0.935. The summed E-state index contributed by atoms with van der Waals surface area (Å²) >= 11 is 0. The summed E-state index contributed by atoms with van der Waals surface area (Å²) in [7, 11) is 0. The molecule has 5 heteroatoms. The zero-order valence-electron chi connectivity index (χ0n) is 11.8. The number of hydrogen-bond donors (Lipinski definition) is 3. The molecule has 0 aliphatic heterocycles. The summed E-state index contributed by atoms with van der Waals surface area (Å²) in [5, 5.41) is 24.4. The van der Waals surface area contributed by atoms with Crippen LogP contribution in [0.15, 0.2) is 30.3 Å². The summed E-state index contributed by atoms with van der Waals surface area (Å²) in [6.07, 6.45) is -1.42. The summed E-state index contributed by atoms with van der Waals surface area (Å²) in [6.45, 7) is 4.26. The van der Waals surface area contributed by atoms with E-state index in [4.69, 9.17) is 5.73 Å². The molecule has 0 aliphatic carbocycles. The van der Waals surface area contributed by atoms with Crippen molar-refractivity contribution in [2.75, 3.05) is 6.54 Å². The summed E-state index contributed by atoms with van der Waals surface area (Å²) < 4.78 is 1.82. The van der Waals surface area contributed by atoms with Crippen LogP contribution in [0.5, 0.6) is 0 Å². The van der Waals surface area contributed by atoms with E-state index in [1.54, 1.807) is 6.07 Å². The summed E-state index contributed by atoms with van der Waals surface area (Å²) in [6, 6.07) is 9.39. The predicted molar refractivity (Wildman–Crippen MR) is 77.7 cm³/mol. The Bertz CT molecular complexity index is 580. The summed E-state index contributed by atoms with van der Waals surface area (Å²) in [4.78, 5) is 0. The van der Waals surface area contributed by atoms with Crippen LogP contribution < -0.4 is 5.73 Å². The van der Waals surface area contributed by atoms with Gasteiger partial charge in [-0.2, -0.15) is 5.10 Å². The molecule has 0 fully saturated rings. The first kappa shape index (κ1) is 14.7. The minimum absolute atomic E-state index is 0.343. The molecule has 0 saturated carbocycles. The van der Waals surface area contributed by atoms with Crippen molar-refractivity contribution in [1.29, 1.82) is 0 Å². The number of nitrogens with two attached hydrogens (primary N) is 1. The molecule has 4 N–H and O–H groups in total. The van der Waals surface area contributed by atoms with Gasteiger partial charge < -0.3 is 15.9 Å². The molecule has 2 atom stereocenters. The fourth-order valence-corrected chi connectivity index (χ4v) is 2.28. The van der Waals surface area contributed by atoms with Crippen LogP contribution in [0, 0.1) is 13.8 Å². The Morgan fingerprint density at radius 2 is 2.00 bits per heavy atom. The molecular weight excluding hydrogens is 254 g/mol. The van der Waals surface area contributed by atoms with Crippen molar-refractivity contribution in [3.63, 3.8) is 0 Å². The standard InChI is InChI=1S/C15H21N3O2/c1-10-8-11(2)18(17-10)13-5-3-4-12(9-13)15(20)14(19)6-7-16/h3-5,8-9,14-15,19-20H,6-7,16H2,1-2H3. The average molecular weight is 275 g/mol. The van der Waals surface area contributed by atoms with E-state index in [1.807, 2.05) is 42.8 Å². The van der Waals surface area contributed by atoms with Gasteiger partial charge in [-0.05, 0) is 50.6 Å². The lowest BCUT2D eigenvalue weighted by atomic mass is 10.0. The molecule has 0 radical (unpaired) electrons. The van der Waals surface area contributed by atoms with Gasteiger partial charge in [0, 0.05) is 5.69 Å². The molecule has 1 aromatic heterocycles. The highest BCUT2D eigenvalue weighted by molar-refractivity contribution is 5.38. The molecular formula is C15H21N3O2. The van der Waals surface area contributed by atoms with E-state index in [9.17, 15) is 10.2 Å². The van der Waals surface area contributed by atoms with Crippen LogP contribution in [0.4, 0.5) is 0 Å². The van der Waals surface area contributed by atoms with Crippen LogP contribution in [0.25, 0.3) is 5.69 Å². The largest absolute Gasteiger partial charge is 0.390 e. The van der Waals surface area contributed by atoms with Gasteiger partial charge in [-0.1, -0.05) is 12.1 Å². The lowest BCUT2D eigenvalue weighted by Gasteiger charge is -2.18. The van der Waals surface area contributed by atoms with Gasteiger partial charge in [-0.3, -0.25) is 0 Å². The van der Waals surface area contributed by atoms with E-state index >= 15 is 0 Å². The molecule has 20 heavy (non-hydrogen) atoms. The van der Waals surface area contributed by atoms with E-state index in [2.05, 4.69) is 5.10 Å². The number of benzene rings is 1. The van der Waals surface area contributed by atoms with Crippen LogP contribution in [0.3, 0.4) is 0 Å². The van der Waals surface area contributed by atoms with E-state index in [-0.39, 0.29) is 0 Å². The van der Waals surface area contributed by atoms with Gasteiger partial charge in [0.2, 0.25) is 0 Å². The van der Waals surface area contributed by atoms with Gasteiger partial charge in [0.15, 0.2) is 0 Å². The highest BCUT2D eigenvalue weighted by Gasteiger charge is 2.18. The smallest absolute Gasteiger partial charge is 0.105 e. The Morgan fingerprint density at radius 3 is 2.60 bits per heavy atom. The highest BCUT2D eigenvalue weighted by atomic mass is 16.3. The van der Waals surface area contributed by atoms with Crippen LogP contribution in [-0.4, -0.2) is 32.6 Å². The van der Waals surface area contributed by atoms with E-state index in [0.717, 1.165) is 17.1 Å². The maximum Gasteiger partial charge on any atom is 0.105 e. The topological polar surface area (TPSA) is 84.3 Å². The van der Waals surface area contributed by atoms with Gasteiger partial charge in [-0.25, -0.2) is 4.68 Å². The van der Waals surface area contributed by atoms with Crippen molar-refractivity contribution < 1.29 is 10.2 Å². The van der Waals surface area contributed by atoms with Crippen molar-refractivity contribution >= 4 is 0 Å². The summed E-state index contributed by atoms with van der Waals surface area (Å²) in [5.41, 5.74) is 8.90. The lowest BCUT2D eigenvalue weighted by Crippen LogP contribution is -2.21. The number of hydrogen-bond acceptors (Lipinski definition) is 4. The minimum Gasteiger partial charge on any atom is -0.390 e. The Kier molecular flexibility index (Phi) is 4.54. The first-order valence-corrected chi connectivity index (χ1v) is 6.72. The normalized spacial score (nSPS) is 14.2. The van der Waals surface area contributed by atoms with E-state index < -0.39 is 12.2 Å². The van der Waals surface area contributed by atoms with Gasteiger partial charge in [-0.15, -0.1) is 0 Å². The SMILES string of the molecule is Cc1cc(C)n(-c2cccc(C(O)C(O)CCN)c2)n1. The number of aromatic nitrogens is 2. The second-order valence-electron chi connectivity index (χ2n) is 5.02. The monoisotopic (exact) mass is 275 g/mol. The van der Waals surface area contributed by atoms with Gasteiger partial charge >= 0.3 is 0 Å². The quantitative estimate of drug-likeness (QED) is 0.766. The molecule has 1 heterocycles. The molecule has 2 unspecified atom stereocenters. The Hall–Kier alpha value is -1.69. The number of nitrogens with zero attached hydrogens (tertiary/aromatic N) is 2. The first-order valence-electron chi connectivity index (χ1n) is 6.72. The molecule has 5 nitrogen and oxygen atoms in total. The Morgan fingerprint density at radius 1 is 1.25 bits per heavy atom. The van der Waals surface area contributed by atoms with Crippen LogP contribution in [0.2, 0.25) is 0 Å². The molecule has 0 aliphatic rings. The Balaban J connectivity index is 2.30. The third-order valence-corrected chi connectivity index (χ3v) is 3.29. The number of aliphatic hydroxyl groups excluding tert-OH is 2. The third kappa shape index (κ3) is 3.07. The van der Waals surface area contributed by atoms with Crippen molar-refractivity contribution in [2.45, 2.75) is 32.5 Å². The number of aryl methyl sites for hydroxylation is 2. The van der Waals surface area contributed by atoms with Crippen LogP contribution in [0.1, 0.15) is 29.5 Å². The molecule has 0 amide bonds. The zero-order valence-corrected chi connectivity index (χ0v) is 11.8. The molecule has 0 spiro atoms. The average Bonchev–Trinajstić information content (AvgIpc) is 2.77. The lowest BCUT2D eigenvalue weighted by molar-refractivity contribution is 0.0150.